The molecule has 1 fully saturated rings. The van der Waals surface area contributed by atoms with Crippen LogP contribution in [0.4, 0.5) is 15.8 Å². The Hall–Kier alpha value is -5.23. The van der Waals surface area contributed by atoms with E-state index in [0.29, 0.717) is 18.5 Å². The normalized spacial score (nSPS) is 16.0. The lowest BCUT2D eigenvalue weighted by Crippen LogP contribution is -2.43. The number of benzene rings is 4. The van der Waals surface area contributed by atoms with Crippen LogP contribution in [0.15, 0.2) is 96.8 Å². The number of rotatable bonds is 9. The number of fused-ring (bicyclic) bond motifs is 1. The van der Waals surface area contributed by atoms with Crippen molar-refractivity contribution in [2.24, 2.45) is 5.73 Å². The van der Waals surface area contributed by atoms with Crippen molar-refractivity contribution < 1.29 is 28.6 Å². The number of carbonyl (C=O) groups excluding carboxylic acids is 2. The molecule has 0 spiro atoms. The summed E-state index contributed by atoms with van der Waals surface area (Å²) in [6.45, 7) is 4.37. The number of nitrogens with one attached hydrogen (secondary N) is 2. The number of halogens is 2. The van der Waals surface area contributed by atoms with Crippen LogP contribution in [0.25, 0.3) is 11.1 Å². The second kappa shape index (κ2) is 16.9. The quantitative estimate of drug-likeness (QED) is 0.124. The zero-order valence-corrected chi connectivity index (χ0v) is 28.3. The maximum atomic E-state index is 14.2. The zero-order valence-electron chi connectivity index (χ0n) is 27.6. The van der Waals surface area contributed by atoms with E-state index in [2.05, 4.69) is 33.7 Å². The highest BCUT2D eigenvalue weighted by atomic mass is 35.5. The molecule has 4 aromatic rings. The molecule has 0 bridgehead atoms. The molecule has 5 N–H and O–H groups in total. The van der Waals surface area contributed by atoms with Gasteiger partial charge in [-0.25, -0.2) is 9.18 Å². The van der Waals surface area contributed by atoms with Crippen molar-refractivity contribution in [3.63, 3.8) is 0 Å². The average molecular weight is 700 g/mol. The van der Waals surface area contributed by atoms with Crippen LogP contribution in [-0.4, -0.2) is 73.0 Å². The minimum Gasteiger partial charge on any atom is -0.478 e. The van der Waals surface area contributed by atoms with Crippen LogP contribution in [0.5, 0.6) is 0 Å². The molecule has 1 unspecified atom stereocenters. The largest absolute Gasteiger partial charge is 0.478 e. The Morgan fingerprint density at radius 3 is 2.38 bits per heavy atom. The predicted molar refractivity (Wildman–Crippen MR) is 192 cm³/mol. The molecule has 0 saturated carbocycles. The van der Waals surface area contributed by atoms with Gasteiger partial charge in [-0.05, 0) is 70.6 Å². The summed E-state index contributed by atoms with van der Waals surface area (Å²) in [7, 11) is 1.79. The first-order valence-corrected chi connectivity index (χ1v) is 16.5. The van der Waals surface area contributed by atoms with E-state index in [-0.39, 0.29) is 16.4 Å². The van der Waals surface area contributed by atoms with Gasteiger partial charge in [0.2, 0.25) is 0 Å². The lowest BCUT2D eigenvalue weighted by atomic mass is 9.85. The summed E-state index contributed by atoms with van der Waals surface area (Å²) in [6.07, 6.45) is 2.57. The van der Waals surface area contributed by atoms with Crippen molar-refractivity contribution >= 4 is 41.1 Å². The number of aldehydes is 1. The van der Waals surface area contributed by atoms with Crippen molar-refractivity contribution in [3.8, 4) is 11.1 Å². The van der Waals surface area contributed by atoms with Gasteiger partial charge in [-0.1, -0.05) is 60.1 Å². The number of aromatic carboxylic acids is 1. The Balaban J connectivity index is 0.000000377. The zero-order chi connectivity index (χ0) is 35.6. The number of nitrogens with two attached hydrogens (primary N) is 1. The number of ether oxygens (including phenoxy) is 1. The Labute approximate surface area is 295 Å². The third kappa shape index (κ3) is 8.49. The van der Waals surface area contributed by atoms with E-state index < -0.39 is 23.7 Å². The van der Waals surface area contributed by atoms with Gasteiger partial charge in [0.05, 0.1) is 29.5 Å². The average Bonchev–Trinajstić information content (AvgIpc) is 3.15. The van der Waals surface area contributed by atoms with Crippen LogP contribution < -0.4 is 16.4 Å². The lowest BCUT2D eigenvalue weighted by Gasteiger charge is -2.35. The molecule has 12 heteroatoms. The predicted octanol–water partition coefficient (Wildman–Crippen LogP) is 5.94. The number of nitrogens with zero attached hydrogens (tertiary/aromatic N) is 2. The first kappa shape index (κ1) is 36.1. The monoisotopic (exact) mass is 699 g/mol. The van der Waals surface area contributed by atoms with Crippen LogP contribution in [-0.2, 0) is 27.3 Å². The molecular formula is C38H39ClFN5O5. The van der Waals surface area contributed by atoms with Gasteiger partial charge < -0.3 is 35.9 Å². The SMILES string of the molecule is CNc1ccc(C(=O)O)cc1.N/C(=C\Nc1cccc(Cl)c1F)C(=O)N1CCc2c(-c3ccccc3CN3CCOCC3)cccc2C1C=O. The van der Waals surface area contributed by atoms with Gasteiger partial charge >= 0.3 is 5.97 Å². The number of carbonyl (C=O) groups is 3. The number of hydrogen-bond donors (Lipinski definition) is 4. The molecule has 260 valence electrons. The van der Waals surface area contributed by atoms with Gasteiger partial charge in [0, 0.05) is 45.1 Å². The molecule has 1 atom stereocenters. The minimum absolute atomic E-state index is 0.0470. The van der Waals surface area contributed by atoms with Crippen molar-refractivity contribution in [3.05, 3.63) is 130 Å². The third-order valence-corrected chi connectivity index (χ3v) is 8.96. The van der Waals surface area contributed by atoms with Crippen molar-refractivity contribution in [2.75, 3.05) is 50.5 Å². The van der Waals surface area contributed by atoms with Gasteiger partial charge in [-0.2, -0.15) is 0 Å². The van der Waals surface area contributed by atoms with E-state index in [1.165, 1.54) is 28.8 Å². The number of anilines is 2. The molecule has 50 heavy (non-hydrogen) atoms. The van der Waals surface area contributed by atoms with E-state index in [9.17, 15) is 18.8 Å². The van der Waals surface area contributed by atoms with Crippen molar-refractivity contribution in [1.29, 1.82) is 0 Å². The first-order chi connectivity index (χ1) is 24.2. The maximum absolute atomic E-state index is 14.2. The number of morpholine rings is 1. The van der Waals surface area contributed by atoms with E-state index in [1.54, 1.807) is 37.4 Å². The Morgan fingerprint density at radius 1 is 0.980 bits per heavy atom. The topological polar surface area (TPSA) is 137 Å². The maximum Gasteiger partial charge on any atom is 0.335 e. The molecule has 10 nitrogen and oxygen atoms in total. The van der Waals surface area contributed by atoms with Crippen LogP contribution in [0.1, 0.15) is 33.1 Å². The van der Waals surface area contributed by atoms with Gasteiger partial charge in [0.1, 0.15) is 18.0 Å². The Kier molecular flexibility index (Phi) is 12.2. The van der Waals surface area contributed by atoms with Gasteiger partial charge in [-0.15, -0.1) is 0 Å². The Morgan fingerprint density at radius 2 is 1.68 bits per heavy atom. The molecule has 2 aliphatic rings. The lowest BCUT2D eigenvalue weighted by molar-refractivity contribution is -0.133. The summed E-state index contributed by atoms with van der Waals surface area (Å²) in [4.78, 5) is 39.8. The number of carboxylic acids is 1. The second-order valence-electron chi connectivity index (χ2n) is 11.7. The van der Waals surface area contributed by atoms with E-state index in [4.69, 9.17) is 27.2 Å². The van der Waals surface area contributed by atoms with E-state index in [1.807, 2.05) is 24.3 Å². The van der Waals surface area contributed by atoms with Gasteiger partial charge in [0.25, 0.3) is 5.91 Å². The third-order valence-electron chi connectivity index (χ3n) is 8.67. The van der Waals surface area contributed by atoms with Crippen LogP contribution in [0.2, 0.25) is 5.02 Å². The molecule has 6 rings (SSSR count). The van der Waals surface area contributed by atoms with Crippen LogP contribution in [0.3, 0.4) is 0 Å². The summed E-state index contributed by atoms with van der Waals surface area (Å²) in [6, 6.07) is 24.5. The van der Waals surface area contributed by atoms with Crippen molar-refractivity contribution in [1.82, 2.24) is 9.80 Å². The van der Waals surface area contributed by atoms with Gasteiger partial charge in [-0.3, -0.25) is 9.69 Å². The summed E-state index contributed by atoms with van der Waals surface area (Å²) in [5.74, 6) is -2.05. The molecule has 4 aromatic carbocycles. The molecule has 2 aliphatic heterocycles. The summed E-state index contributed by atoms with van der Waals surface area (Å²) in [5.41, 5.74) is 12.5. The standard InChI is InChI=1S/C30H30ClFN4O3.C8H9NO2/c31-25-9-4-10-27(29(25)32)34-17-26(33)30(38)36-12-11-23-22(7-3-8-24(23)28(36)19-37)21-6-2-1-5-20(21)18-35-13-15-39-16-14-35;1-9-7-4-2-6(3-5-7)8(10)11/h1-10,17,19,28,34H,11-16,18,33H2;2-5,9H,1H3,(H,10,11)/b26-17-;. The van der Waals surface area contributed by atoms with Gasteiger partial charge in [0.15, 0.2) is 5.82 Å². The second-order valence-corrected chi connectivity index (χ2v) is 12.1. The summed E-state index contributed by atoms with van der Waals surface area (Å²) >= 11 is 5.83. The minimum atomic E-state index is -0.896. The molecule has 0 aliphatic carbocycles. The Bertz CT molecular complexity index is 1860. The van der Waals surface area contributed by atoms with E-state index in [0.717, 1.165) is 67.1 Å². The molecule has 0 radical (unpaired) electrons. The highest BCUT2D eigenvalue weighted by molar-refractivity contribution is 6.31. The number of hydrogen-bond acceptors (Lipinski definition) is 8. The van der Waals surface area contributed by atoms with Crippen LogP contribution >= 0.6 is 11.6 Å². The van der Waals surface area contributed by atoms with Crippen LogP contribution in [0, 0.1) is 5.82 Å². The smallest absolute Gasteiger partial charge is 0.335 e. The molecule has 1 saturated heterocycles. The van der Waals surface area contributed by atoms with Crippen molar-refractivity contribution in [2.45, 2.75) is 19.0 Å². The van der Waals surface area contributed by atoms with E-state index >= 15 is 0 Å². The summed E-state index contributed by atoms with van der Waals surface area (Å²) in [5, 5.41) is 14.1. The number of amides is 1. The fraction of sp³-hybridized carbons (Fsp3) is 0.237. The fourth-order valence-corrected chi connectivity index (χ4v) is 6.20. The highest BCUT2D eigenvalue weighted by Gasteiger charge is 2.33. The molecule has 1 amide bonds. The highest BCUT2D eigenvalue weighted by Crippen LogP contribution is 2.37. The number of carboxylic acid groups (broad SMARTS) is 1. The molecular weight excluding hydrogens is 661 g/mol. The fourth-order valence-electron chi connectivity index (χ4n) is 6.03. The first-order valence-electron chi connectivity index (χ1n) is 16.2. The molecule has 0 aromatic heterocycles. The summed E-state index contributed by atoms with van der Waals surface area (Å²) < 4.78 is 19.7. The molecule has 2 heterocycles.